The van der Waals surface area contributed by atoms with E-state index in [-0.39, 0.29) is 6.54 Å². The van der Waals surface area contributed by atoms with Gasteiger partial charge in [-0.3, -0.25) is 63.5 Å². The molecule has 0 amide bonds. The number of carboxylic acid groups (broad SMARTS) is 1. The maximum absolute atomic E-state index is 10.4. The van der Waals surface area contributed by atoms with E-state index in [0.29, 0.717) is 0 Å². The molecule has 33 heteroatoms. The molecule has 0 saturated heterocycles. The first-order chi connectivity index (χ1) is 17.3. The minimum absolute atomic E-state index is 0.0377. The zero-order valence-corrected chi connectivity index (χ0v) is 24.1. The summed E-state index contributed by atoms with van der Waals surface area (Å²) in [6, 6.07) is 9.23. The van der Waals surface area contributed by atoms with Gasteiger partial charge in [0, 0.05) is 5.69 Å². The van der Waals surface area contributed by atoms with Crippen molar-refractivity contribution in [1.29, 1.82) is 0 Å². The Morgan fingerprint density at radius 3 is 0.829 bits per heavy atom. The highest BCUT2D eigenvalue weighted by Gasteiger charge is 2.07. The summed E-state index contributed by atoms with van der Waals surface area (Å²) >= 11 is 0. The van der Waals surface area contributed by atoms with Crippen LogP contribution in [0.5, 0.6) is 0 Å². The van der Waals surface area contributed by atoms with E-state index in [9.17, 15) is 30.0 Å². The third kappa shape index (κ3) is 372. The molecule has 1 rings (SSSR count). The second-order valence-corrected chi connectivity index (χ2v) is 10.6. The molecule has 0 atom stereocenters. The lowest BCUT2D eigenvalue weighted by molar-refractivity contribution is -0.134. The number of halogens is 6. The number of nitrogens with one attached hydrogen (secondary N) is 1. The van der Waals surface area contributed by atoms with Gasteiger partial charge in [-0.15, -0.1) is 25.2 Å². The molecule has 0 aliphatic carbocycles. The fourth-order valence-electron chi connectivity index (χ4n) is 0.734. The number of carbonyl (C=O) groups is 1. The molecule has 250 valence electrons. The van der Waals surface area contributed by atoms with Crippen LogP contribution in [0.1, 0.15) is 0 Å². The van der Waals surface area contributed by atoms with Crippen LogP contribution in [-0.2, 0) is 32.2 Å². The smallest absolute Gasteiger partial charge is 0.480 e. The van der Waals surface area contributed by atoms with Crippen molar-refractivity contribution < 1.29 is 121 Å². The van der Waals surface area contributed by atoms with Crippen LogP contribution in [0.3, 0.4) is 0 Å². The molecule has 0 heterocycles. The van der Waals surface area contributed by atoms with Gasteiger partial charge in [0.2, 0.25) is 0 Å². The Labute approximate surface area is 223 Å². The van der Waals surface area contributed by atoms with Crippen molar-refractivity contribution in [2.75, 3.05) is 11.9 Å². The Kier molecular flexibility index (Phi) is 31.3. The summed E-state index contributed by atoms with van der Waals surface area (Å²) in [5, 5.41) is 11.1. The number of para-hydroxylation sites is 1. The van der Waals surface area contributed by atoms with Crippen LogP contribution in [0, 0.1) is 0 Å². The van der Waals surface area contributed by atoms with Crippen LogP contribution in [0.15, 0.2) is 30.3 Å². The summed E-state index contributed by atoms with van der Waals surface area (Å²) in [6.07, 6.45) is 0. The van der Waals surface area contributed by atoms with E-state index in [1.165, 1.54) is 0 Å². The molecule has 21 nitrogen and oxygen atoms in total. The molecule has 0 aliphatic rings. The molecule has 0 radical (unpaired) electrons. The molecule has 41 heavy (non-hydrogen) atoms. The van der Waals surface area contributed by atoms with Crippen molar-refractivity contribution in [3.63, 3.8) is 0 Å². The summed E-state index contributed by atoms with van der Waals surface area (Å²) in [6.45, 7) is -0.0377. The maximum atomic E-state index is 10.4. The summed E-state index contributed by atoms with van der Waals surface area (Å²) in [7, 11) is -30.8. The van der Waals surface area contributed by atoms with Gasteiger partial charge in [-0.2, -0.15) is 0 Å². The fourth-order valence-corrected chi connectivity index (χ4v) is 0.734. The Bertz CT molecular complexity index is 886. The lowest BCUT2D eigenvalue weighted by atomic mass is 10.3. The average molecular weight is 751 g/mol. The maximum Gasteiger partial charge on any atom is 0.507 e. The monoisotopic (exact) mass is 751 g/mol. The Hall–Kier alpha value is -1.03. The summed E-state index contributed by atoms with van der Waals surface area (Å²) in [4.78, 5) is 93.7. The number of carboxylic acids is 1. The molecule has 0 bridgehead atoms. The first-order valence-corrected chi connectivity index (χ1v) is 16.8. The molecule has 14 N–H and O–H groups in total. The zero-order chi connectivity index (χ0) is 35.1. The highest BCUT2D eigenvalue weighted by molar-refractivity contribution is 7.46. The number of hydrogen-bond donors (Lipinski definition) is 14. The standard InChI is InChI=1S/C8H9NO2.6FH2O3P/c10-8(11)6-9-7-4-2-1-3-5-7;6*1-5(2,3)4/h1-5,9H,6H2,(H,10,11);6*(H2,2,3,4). The van der Waals surface area contributed by atoms with E-state index in [2.05, 4.69) is 5.32 Å². The predicted octanol–water partition coefficient (Wildman–Crippen LogP) is 1.47. The molecular formula is C8H21F6NO20P6. The third-order valence-corrected chi connectivity index (χ3v) is 1.22. The summed E-state index contributed by atoms with van der Waals surface area (Å²) in [5.41, 5.74) is 0.829. The van der Waals surface area contributed by atoms with E-state index in [4.69, 9.17) is 91.2 Å². The van der Waals surface area contributed by atoms with Crippen molar-refractivity contribution in [3.8, 4) is 0 Å². The van der Waals surface area contributed by atoms with Gasteiger partial charge in [0.05, 0.1) is 0 Å². The highest BCUT2D eigenvalue weighted by atomic mass is 31.2. The van der Waals surface area contributed by atoms with Gasteiger partial charge in [0.1, 0.15) is 6.54 Å². The van der Waals surface area contributed by atoms with Gasteiger partial charge in [0.25, 0.3) is 0 Å². The van der Waals surface area contributed by atoms with Gasteiger partial charge < -0.3 is 10.4 Å². The molecule has 0 aromatic heterocycles. The van der Waals surface area contributed by atoms with Crippen LogP contribution in [0.25, 0.3) is 0 Å². The van der Waals surface area contributed by atoms with Crippen LogP contribution >= 0.6 is 47.4 Å². The van der Waals surface area contributed by atoms with E-state index in [0.717, 1.165) is 5.69 Å². The molecule has 0 unspecified atom stereocenters. The SMILES string of the molecule is O=C(O)CNc1ccccc1.O=P(O)(O)F.O=P(O)(O)F.O=P(O)(O)F.O=P(O)(O)F.O=P(O)(O)F.O=P(O)(O)F. The lowest BCUT2D eigenvalue weighted by Gasteiger charge is -2.00. The third-order valence-electron chi connectivity index (χ3n) is 1.22. The van der Waals surface area contributed by atoms with Crippen molar-refractivity contribution in [2.45, 2.75) is 0 Å². The minimum atomic E-state index is -5.14. The van der Waals surface area contributed by atoms with Gasteiger partial charge >= 0.3 is 53.4 Å². The van der Waals surface area contributed by atoms with Gasteiger partial charge in [0.15, 0.2) is 0 Å². The van der Waals surface area contributed by atoms with Crippen molar-refractivity contribution >= 4 is 59.1 Å². The lowest BCUT2D eigenvalue weighted by Crippen LogP contribution is -2.11. The topological polar surface area (TPSA) is 395 Å². The van der Waals surface area contributed by atoms with Gasteiger partial charge in [-0.25, -0.2) is 27.4 Å². The average Bonchev–Trinajstić information content (AvgIpc) is 2.52. The molecule has 0 fully saturated rings. The van der Waals surface area contributed by atoms with E-state index in [1.54, 1.807) is 0 Å². The number of benzene rings is 1. The number of rotatable bonds is 3. The first kappa shape index (κ1) is 52.6. The normalized spacial score (nSPS) is 11.1. The van der Waals surface area contributed by atoms with Crippen LogP contribution in [-0.4, -0.2) is 76.3 Å². The second kappa shape index (κ2) is 24.4. The molecule has 1 aromatic carbocycles. The number of anilines is 1. The molecule has 0 saturated carbocycles. The van der Waals surface area contributed by atoms with Crippen LogP contribution < -0.4 is 5.32 Å². The largest absolute Gasteiger partial charge is 0.507 e. The van der Waals surface area contributed by atoms with Crippen molar-refractivity contribution in [3.05, 3.63) is 30.3 Å². The molecule has 1 aromatic rings. The van der Waals surface area contributed by atoms with E-state index in [1.807, 2.05) is 30.3 Å². The fraction of sp³-hybridized carbons (Fsp3) is 0.125. The Balaban J connectivity index is -0.0000000904. The molecule has 0 spiro atoms. The second-order valence-electron chi connectivity index (χ2n) is 4.95. The van der Waals surface area contributed by atoms with Gasteiger partial charge in [-0.05, 0) is 12.1 Å². The first-order valence-electron chi connectivity index (χ1n) is 7.81. The quantitative estimate of drug-likeness (QED) is 0.153. The Morgan fingerprint density at radius 1 is 0.512 bits per heavy atom. The highest BCUT2D eigenvalue weighted by Crippen LogP contribution is 2.37. The number of aliphatic carboxylic acids is 1. The van der Waals surface area contributed by atoms with E-state index < -0.39 is 53.4 Å². The molecule has 0 aliphatic heterocycles. The van der Waals surface area contributed by atoms with Crippen LogP contribution in [0.2, 0.25) is 0 Å². The predicted molar refractivity (Wildman–Crippen MR) is 121 cm³/mol. The number of hydrogen-bond acceptors (Lipinski definition) is 8. The van der Waals surface area contributed by atoms with Gasteiger partial charge in [-0.1, -0.05) is 18.2 Å². The summed E-state index contributed by atoms with van der Waals surface area (Å²) < 4.78 is 114. The van der Waals surface area contributed by atoms with Crippen molar-refractivity contribution in [1.82, 2.24) is 0 Å². The Morgan fingerprint density at radius 2 is 0.683 bits per heavy atom. The van der Waals surface area contributed by atoms with Crippen molar-refractivity contribution in [2.24, 2.45) is 0 Å². The van der Waals surface area contributed by atoms with Crippen LogP contribution in [0.4, 0.5) is 30.9 Å². The minimum Gasteiger partial charge on any atom is -0.480 e. The van der Waals surface area contributed by atoms with E-state index >= 15 is 0 Å². The molecular weight excluding hydrogens is 730 g/mol. The summed E-state index contributed by atoms with van der Waals surface area (Å²) in [5.74, 6) is -0.853. The zero-order valence-electron chi connectivity index (χ0n) is 18.7.